The number of hydrogen-bond donors (Lipinski definition) is 1. The summed E-state index contributed by atoms with van der Waals surface area (Å²) in [6, 6.07) is 3.91. The average molecular weight is 335 g/mol. The number of ether oxygens (including phenoxy) is 2. The molecular formula is C16H18FN3O4. The second kappa shape index (κ2) is 7.12. The summed E-state index contributed by atoms with van der Waals surface area (Å²) >= 11 is 0. The third-order valence-corrected chi connectivity index (χ3v) is 3.61. The Bertz CT molecular complexity index is 767. The predicted molar refractivity (Wildman–Crippen MR) is 87.2 cm³/mol. The van der Waals surface area contributed by atoms with E-state index in [1.807, 2.05) is 0 Å². The maximum atomic E-state index is 14.3. The average Bonchev–Trinajstić information content (AvgIpc) is 2.54. The molecule has 1 atom stereocenters. The van der Waals surface area contributed by atoms with Crippen LogP contribution >= 0.6 is 0 Å². The quantitative estimate of drug-likeness (QED) is 0.641. The summed E-state index contributed by atoms with van der Waals surface area (Å²) in [5.41, 5.74) is 0.772. The van der Waals surface area contributed by atoms with Crippen molar-refractivity contribution in [2.24, 2.45) is 0 Å². The number of aromatic nitrogens is 1. The molecule has 24 heavy (non-hydrogen) atoms. The number of hydrogen-bond acceptors (Lipinski definition) is 6. The zero-order chi connectivity index (χ0) is 17.9. The minimum Gasteiger partial charge on any atom is -0.493 e. The molecule has 0 aliphatic carbocycles. The molecule has 1 aromatic carbocycles. The van der Waals surface area contributed by atoms with Crippen LogP contribution in [-0.2, 0) is 0 Å². The Labute approximate surface area is 138 Å². The second-order valence-corrected chi connectivity index (χ2v) is 5.21. The largest absolute Gasteiger partial charge is 0.493 e. The third-order valence-electron chi connectivity index (χ3n) is 3.61. The van der Waals surface area contributed by atoms with Crippen molar-refractivity contribution in [3.05, 3.63) is 51.5 Å². The zero-order valence-electron chi connectivity index (χ0n) is 13.8. The van der Waals surface area contributed by atoms with Crippen LogP contribution in [0.4, 0.5) is 15.9 Å². The van der Waals surface area contributed by atoms with Crippen LogP contribution in [0.5, 0.6) is 11.5 Å². The molecule has 0 saturated heterocycles. The number of rotatable bonds is 6. The highest BCUT2D eigenvalue weighted by molar-refractivity contribution is 5.50. The molecule has 0 amide bonds. The van der Waals surface area contributed by atoms with Gasteiger partial charge in [-0.3, -0.25) is 10.1 Å². The summed E-state index contributed by atoms with van der Waals surface area (Å²) in [6.45, 7) is 3.37. The summed E-state index contributed by atoms with van der Waals surface area (Å²) in [7, 11) is 2.90. The van der Waals surface area contributed by atoms with E-state index in [0.29, 0.717) is 28.4 Å². The maximum absolute atomic E-state index is 14.3. The van der Waals surface area contributed by atoms with Crippen LogP contribution in [0.25, 0.3) is 0 Å². The van der Waals surface area contributed by atoms with Gasteiger partial charge in [-0.2, -0.15) is 0 Å². The molecule has 0 bridgehead atoms. The lowest BCUT2D eigenvalue weighted by atomic mass is 10.1. The van der Waals surface area contributed by atoms with Crippen LogP contribution < -0.4 is 14.8 Å². The van der Waals surface area contributed by atoms with Crippen LogP contribution in [0.2, 0.25) is 0 Å². The van der Waals surface area contributed by atoms with E-state index in [9.17, 15) is 14.5 Å². The van der Waals surface area contributed by atoms with Crippen molar-refractivity contribution >= 4 is 11.5 Å². The van der Waals surface area contributed by atoms with Gasteiger partial charge >= 0.3 is 0 Å². The van der Waals surface area contributed by atoms with E-state index in [1.165, 1.54) is 26.5 Å². The standard InChI is InChI=1S/C16H18FN3O4/c1-9-5-16(18-8-13(9)20(21)22)19-10(2)11-6-14(23-3)15(24-4)7-12(11)17/h5-8,10H,1-4H3,(H,18,19). The van der Waals surface area contributed by atoms with Gasteiger partial charge < -0.3 is 14.8 Å². The van der Waals surface area contributed by atoms with Crippen LogP contribution in [-0.4, -0.2) is 24.1 Å². The lowest BCUT2D eigenvalue weighted by Crippen LogP contribution is -2.11. The number of benzene rings is 1. The van der Waals surface area contributed by atoms with Gasteiger partial charge in [-0.05, 0) is 26.0 Å². The molecule has 0 spiro atoms. The van der Waals surface area contributed by atoms with Crippen LogP contribution in [0.3, 0.4) is 0 Å². The fourth-order valence-electron chi connectivity index (χ4n) is 2.32. The number of pyridine rings is 1. The first kappa shape index (κ1) is 17.5. The predicted octanol–water partition coefficient (Wildman–Crippen LogP) is 3.63. The van der Waals surface area contributed by atoms with Gasteiger partial charge in [0.05, 0.1) is 25.2 Å². The van der Waals surface area contributed by atoms with E-state index in [-0.39, 0.29) is 5.69 Å². The highest BCUT2D eigenvalue weighted by Gasteiger charge is 2.18. The SMILES string of the molecule is COc1cc(F)c(C(C)Nc2cc(C)c([N+](=O)[O-])cn2)cc1OC. The van der Waals surface area contributed by atoms with Crippen LogP contribution in [0.1, 0.15) is 24.1 Å². The number of nitrogens with zero attached hydrogens (tertiary/aromatic N) is 2. The number of methoxy groups -OCH3 is 2. The molecule has 8 heteroatoms. The van der Waals surface area contributed by atoms with E-state index in [2.05, 4.69) is 10.3 Å². The molecule has 2 aromatic rings. The highest BCUT2D eigenvalue weighted by atomic mass is 19.1. The number of aryl methyl sites for hydroxylation is 1. The molecule has 0 aliphatic heterocycles. The van der Waals surface area contributed by atoms with Gasteiger partial charge in [-0.25, -0.2) is 9.37 Å². The van der Waals surface area contributed by atoms with E-state index in [1.54, 1.807) is 26.0 Å². The normalized spacial score (nSPS) is 11.7. The van der Waals surface area contributed by atoms with Crippen molar-refractivity contribution in [2.75, 3.05) is 19.5 Å². The second-order valence-electron chi connectivity index (χ2n) is 5.21. The number of nitro groups is 1. The highest BCUT2D eigenvalue weighted by Crippen LogP contribution is 2.33. The number of anilines is 1. The topological polar surface area (TPSA) is 86.5 Å². The molecule has 0 fully saturated rings. The molecule has 128 valence electrons. The monoisotopic (exact) mass is 335 g/mol. The van der Waals surface area contributed by atoms with Gasteiger partial charge in [0.1, 0.15) is 17.8 Å². The molecular weight excluding hydrogens is 317 g/mol. The van der Waals surface area contributed by atoms with Crippen molar-refractivity contribution < 1.29 is 18.8 Å². The fourth-order valence-corrected chi connectivity index (χ4v) is 2.32. The molecule has 0 aliphatic rings. The minimum absolute atomic E-state index is 0.0644. The number of nitrogens with one attached hydrogen (secondary N) is 1. The van der Waals surface area contributed by atoms with Crippen molar-refractivity contribution in [1.29, 1.82) is 0 Å². The molecule has 1 unspecified atom stereocenters. The van der Waals surface area contributed by atoms with Gasteiger partial charge in [0.15, 0.2) is 11.5 Å². The summed E-state index contributed by atoms with van der Waals surface area (Å²) < 4.78 is 24.5. The molecule has 0 radical (unpaired) electrons. The Morgan fingerprint density at radius 3 is 2.42 bits per heavy atom. The third kappa shape index (κ3) is 3.53. The van der Waals surface area contributed by atoms with Gasteiger partial charge in [0.2, 0.25) is 0 Å². The first-order valence-electron chi connectivity index (χ1n) is 7.16. The Hall–Kier alpha value is -2.90. The summed E-state index contributed by atoms with van der Waals surface area (Å²) in [5.74, 6) is 0.678. The Morgan fingerprint density at radius 1 is 1.25 bits per heavy atom. The molecule has 1 heterocycles. The van der Waals surface area contributed by atoms with Gasteiger partial charge in [-0.15, -0.1) is 0 Å². The Balaban J connectivity index is 2.28. The molecule has 1 aromatic heterocycles. The molecule has 2 rings (SSSR count). The summed E-state index contributed by atoms with van der Waals surface area (Å²) in [6.07, 6.45) is 1.18. The van der Waals surface area contributed by atoms with E-state index in [4.69, 9.17) is 9.47 Å². The first-order valence-corrected chi connectivity index (χ1v) is 7.16. The van der Waals surface area contributed by atoms with E-state index < -0.39 is 16.8 Å². The van der Waals surface area contributed by atoms with E-state index >= 15 is 0 Å². The van der Waals surface area contributed by atoms with Crippen molar-refractivity contribution in [3.8, 4) is 11.5 Å². The maximum Gasteiger partial charge on any atom is 0.290 e. The Kier molecular flexibility index (Phi) is 5.18. The lowest BCUT2D eigenvalue weighted by Gasteiger charge is -2.18. The minimum atomic E-state index is -0.496. The fraction of sp³-hybridized carbons (Fsp3) is 0.312. The van der Waals surface area contributed by atoms with Gasteiger partial charge in [0, 0.05) is 17.2 Å². The van der Waals surface area contributed by atoms with Crippen molar-refractivity contribution in [2.45, 2.75) is 19.9 Å². The van der Waals surface area contributed by atoms with Crippen molar-refractivity contribution in [3.63, 3.8) is 0 Å². The van der Waals surface area contributed by atoms with E-state index in [0.717, 1.165) is 0 Å². The lowest BCUT2D eigenvalue weighted by molar-refractivity contribution is -0.385. The van der Waals surface area contributed by atoms with Crippen LogP contribution in [0, 0.1) is 22.9 Å². The first-order chi connectivity index (χ1) is 11.4. The van der Waals surface area contributed by atoms with Crippen LogP contribution in [0.15, 0.2) is 24.4 Å². The van der Waals surface area contributed by atoms with Crippen molar-refractivity contribution in [1.82, 2.24) is 4.98 Å². The summed E-state index contributed by atoms with van der Waals surface area (Å²) in [5, 5.41) is 13.8. The zero-order valence-corrected chi connectivity index (χ0v) is 13.8. The Morgan fingerprint density at radius 2 is 1.88 bits per heavy atom. The summed E-state index contributed by atoms with van der Waals surface area (Å²) in [4.78, 5) is 14.3. The number of halogens is 1. The van der Waals surface area contributed by atoms with Gasteiger partial charge in [0.25, 0.3) is 5.69 Å². The molecule has 7 nitrogen and oxygen atoms in total. The molecule has 1 N–H and O–H groups in total. The molecule has 0 saturated carbocycles. The smallest absolute Gasteiger partial charge is 0.290 e. The van der Waals surface area contributed by atoms with Gasteiger partial charge in [-0.1, -0.05) is 0 Å².